The van der Waals surface area contributed by atoms with Gasteiger partial charge in [0.05, 0.1) is 12.4 Å². The lowest BCUT2D eigenvalue weighted by atomic mass is 10.2. The van der Waals surface area contributed by atoms with Crippen molar-refractivity contribution >= 4 is 12.0 Å². The van der Waals surface area contributed by atoms with Gasteiger partial charge in [-0.3, -0.25) is 5.43 Å². The summed E-state index contributed by atoms with van der Waals surface area (Å²) < 4.78 is 1.67. The number of phenols is 1. The van der Waals surface area contributed by atoms with Gasteiger partial charge < -0.3 is 5.11 Å². The van der Waals surface area contributed by atoms with Gasteiger partial charge in [0.15, 0.2) is 11.6 Å². The maximum atomic E-state index is 9.22. The van der Waals surface area contributed by atoms with Crippen LogP contribution in [0.25, 0.3) is 5.82 Å². The Balaban J connectivity index is 1.71. The average Bonchev–Trinajstić information content (AvgIpc) is 2.96. The highest BCUT2D eigenvalue weighted by Crippen LogP contribution is 2.10. The van der Waals surface area contributed by atoms with Crippen LogP contribution in [0.3, 0.4) is 0 Å². The maximum Gasteiger partial charge on any atom is 0.158 e. The van der Waals surface area contributed by atoms with Crippen LogP contribution in [0.2, 0.25) is 0 Å². The molecule has 0 bridgehead atoms. The molecule has 0 saturated heterocycles. The molecule has 0 spiro atoms. The van der Waals surface area contributed by atoms with E-state index < -0.39 is 0 Å². The number of anilines is 1. The molecular weight excluding hydrogens is 280 g/mol. The SMILES string of the molecule is Cc1cnn(-c2cc(N/N=C/c3ccc(O)cc3)ncn2)c1. The van der Waals surface area contributed by atoms with E-state index in [1.54, 1.807) is 47.4 Å². The molecule has 0 unspecified atom stereocenters. The largest absolute Gasteiger partial charge is 0.508 e. The van der Waals surface area contributed by atoms with Crippen LogP contribution >= 0.6 is 0 Å². The summed E-state index contributed by atoms with van der Waals surface area (Å²) in [5.74, 6) is 1.44. The zero-order chi connectivity index (χ0) is 15.4. The van der Waals surface area contributed by atoms with Crippen LogP contribution in [0.15, 0.2) is 54.2 Å². The predicted molar refractivity (Wildman–Crippen MR) is 83.2 cm³/mol. The highest BCUT2D eigenvalue weighted by atomic mass is 16.3. The fourth-order valence-corrected chi connectivity index (χ4v) is 1.80. The second-order valence-electron chi connectivity index (χ2n) is 4.69. The van der Waals surface area contributed by atoms with E-state index >= 15 is 0 Å². The Kier molecular flexibility index (Phi) is 3.78. The summed E-state index contributed by atoms with van der Waals surface area (Å²) in [7, 11) is 0. The molecule has 0 aliphatic carbocycles. The number of hydrogen-bond donors (Lipinski definition) is 2. The minimum absolute atomic E-state index is 0.222. The van der Waals surface area contributed by atoms with Gasteiger partial charge in [-0.1, -0.05) is 0 Å². The van der Waals surface area contributed by atoms with Crippen molar-refractivity contribution in [1.82, 2.24) is 19.7 Å². The third-order valence-electron chi connectivity index (χ3n) is 2.88. The Hall–Kier alpha value is -3.22. The number of rotatable bonds is 4. The van der Waals surface area contributed by atoms with Crippen molar-refractivity contribution in [2.45, 2.75) is 6.92 Å². The normalized spacial score (nSPS) is 11.0. The molecule has 0 saturated carbocycles. The van der Waals surface area contributed by atoms with Gasteiger partial charge in [-0.15, -0.1) is 0 Å². The van der Waals surface area contributed by atoms with Gasteiger partial charge in [0.2, 0.25) is 0 Å². The molecule has 22 heavy (non-hydrogen) atoms. The quantitative estimate of drug-likeness (QED) is 0.568. The fraction of sp³-hybridized carbons (Fsp3) is 0.0667. The molecule has 0 amide bonds. The summed E-state index contributed by atoms with van der Waals surface area (Å²) in [4.78, 5) is 8.27. The van der Waals surface area contributed by atoms with E-state index in [-0.39, 0.29) is 5.75 Å². The van der Waals surface area contributed by atoms with E-state index in [1.165, 1.54) is 6.33 Å². The van der Waals surface area contributed by atoms with Crippen molar-refractivity contribution in [3.63, 3.8) is 0 Å². The number of aryl methyl sites for hydroxylation is 1. The van der Waals surface area contributed by atoms with Crippen LogP contribution in [0.1, 0.15) is 11.1 Å². The highest BCUT2D eigenvalue weighted by Gasteiger charge is 2.01. The molecule has 2 N–H and O–H groups in total. The Bertz CT molecular complexity index is 794. The lowest BCUT2D eigenvalue weighted by Crippen LogP contribution is -2.01. The van der Waals surface area contributed by atoms with Crippen molar-refractivity contribution in [2.24, 2.45) is 5.10 Å². The molecule has 0 aliphatic heterocycles. The molecule has 1 aromatic carbocycles. The van der Waals surface area contributed by atoms with E-state index in [4.69, 9.17) is 0 Å². The highest BCUT2D eigenvalue weighted by molar-refractivity contribution is 5.80. The minimum atomic E-state index is 0.222. The van der Waals surface area contributed by atoms with Crippen LogP contribution in [0.4, 0.5) is 5.82 Å². The molecule has 2 aromatic heterocycles. The first-order chi connectivity index (χ1) is 10.7. The van der Waals surface area contributed by atoms with Crippen LogP contribution in [0.5, 0.6) is 5.75 Å². The standard InChI is InChI=1S/C15H14N6O/c1-11-7-19-21(9-11)15-6-14(16-10-17-15)20-18-8-12-2-4-13(22)5-3-12/h2-10,22H,1H3,(H,16,17,20)/b18-8+. The van der Waals surface area contributed by atoms with E-state index in [0.717, 1.165) is 11.1 Å². The summed E-state index contributed by atoms with van der Waals surface area (Å²) in [6.07, 6.45) is 6.73. The minimum Gasteiger partial charge on any atom is -0.508 e. The fourth-order valence-electron chi connectivity index (χ4n) is 1.80. The predicted octanol–water partition coefficient (Wildman–Crippen LogP) is 2.12. The second kappa shape index (κ2) is 6.04. The van der Waals surface area contributed by atoms with Gasteiger partial charge in [-0.25, -0.2) is 14.6 Å². The van der Waals surface area contributed by atoms with Crippen LogP contribution in [0, 0.1) is 6.92 Å². The van der Waals surface area contributed by atoms with Gasteiger partial charge in [-0.2, -0.15) is 10.2 Å². The molecule has 7 heteroatoms. The monoisotopic (exact) mass is 294 g/mol. The Morgan fingerprint density at radius 1 is 1.23 bits per heavy atom. The topological polar surface area (TPSA) is 88.2 Å². The first-order valence-corrected chi connectivity index (χ1v) is 6.62. The molecular formula is C15H14N6O. The Morgan fingerprint density at radius 2 is 2.05 bits per heavy atom. The number of hydrogen-bond acceptors (Lipinski definition) is 6. The Morgan fingerprint density at radius 3 is 2.77 bits per heavy atom. The van der Waals surface area contributed by atoms with Crippen molar-refractivity contribution in [2.75, 3.05) is 5.43 Å². The molecule has 110 valence electrons. The summed E-state index contributed by atoms with van der Waals surface area (Å²) in [6.45, 7) is 1.96. The number of aromatic nitrogens is 4. The molecule has 0 atom stereocenters. The number of nitrogens with zero attached hydrogens (tertiary/aromatic N) is 5. The third-order valence-corrected chi connectivity index (χ3v) is 2.88. The third kappa shape index (κ3) is 3.26. The van der Waals surface area contributed by atoms with Gasteiger partial charge in [0.1, 0.15) is 12.1 Å². The van der Waals surface area contributed by atoms with E-state index in [9.17, 15) is 5.11 Å². The van der Waals surface area contributed by atoms with Gasteiger partial charge in [-0.05, 0) is 42.3 Å². The number of aromatic hydroxyl groups is 1. The first kappa shape index (κ1) is 13.7. The number of phenolic OH excluding ortho intramolecular Hbond substituents is 1. The second-order valence-corrected chi connectivity index (χ2v) is 4.69. The molecule has 0 aliphatic rings. The van der Waals surface area contributed by atoms with Gasteiger partial charge in [0.25, 0.3) is 0 Å². The van der Waals surface area contributed by atoms with E-state index in [2.05, 4.69) is 25.6 Å². The summed E-state index contributed by atoms with van der Waals surface area (Å²) in [5, 5.41) is 17.5. The molecule has 2 heterocycles. The lowest BCUT2D eigenvalue weighted by molar-refractivity contribution is 0.475. The summed E-state index contributed by atoms with van der Waals surface area (Å²) in [6, 6.07) is 8.48. The zero-order valence-electron chi connectivity index (χ0n) is 11.9. The van der Waals surface area contributed by atoms with Crippen molar-refractivity contribution in [1.29, 1.82) is 0 Å². The summed E-state index contributed by atoms with van der Waals surface area (Å²) in [5.41, 5.74) is 4.76. The lowest BCUT2D eigenvalue weighted by Gasteiger charge is -2.02. The molecule has 0 fully saturated rings. The molecule has 7 nitrogen and oxygen atoms in total. The Labute approximate surface area is 127 Å². The molecule has 0 radical (unpaired) electrons. The van der Waals surface area contributed by atoms with Crippen molar-refractivity contribution in [3.05, 3.63) is 60.2 Å². The van der Waals surface area contributed by atoms with Crippen LogP contribution < -0.4 is 5.43 Å². The smallest absolute Gasteiger partial charge is 0.158 e. The van der Waals surface area contributed by atoms with E-state index in [1.807, 2.05) is 13.1 Å². The van der Waals surface area contributed by atoms with Crippen molar-refractivity contribution < 1.29 is 5.11 Å². The molecule has 3 rings (SSSR count). The van der Waals surface area contributed by atoms with Crippen LogP contribution in [-0.2, 0) is 0 Å². The van der Waals surface area contributed by atoms with Crippen molar-refractivity contribution in [3.8, 4) is 11.6 Å². The van der Waals surface area contributed by atoms with Gasteiger partial charge >= 0.3 is 0 Å². The zero-order valence-corrected chi connectivity index (χ0v) is 11.9. The van der Waals surface area contributed by atoms with E-state index in [0.29, 0.717) is 11.6 Å². The summed E-state index contributed by atoms with van der Waals surface area (Å²) >= 11 is 0. The average molecular weight is 294 g/mol. The van der Waals surface area contributed by atoms with Crippen LogP contribution in [-0.4, -0.2) is 31.1 Å². The number of nitrogens with one attached hydrogen (secondary N) is 1. The number of hydrazone groups is 1. The van der Waals surface area contributed by atoms with Gasteiger partial charge in [0, 0.05) is 12.3 Å². The maximum absolute atomic E-state index is 9.22. The number of benzene rings is 1. The molecule has 3 aromatic rings. The first-order valence-electron chi connectivity index (χ1n) is 6.62.